The summed E-state index contributed by atoms with van der Waals surface area (Å²) in [6.45, 7) is 6.48. The minimum Gasteiger partial charge on any atom is -0.462 e. The van der Waals surface area contributed by atoms with E-state index in [1.807, 2.05) is 0 Å². The maximum absolute atomic E-state index is 12.6. The van der Waals surface area contributed by atoms with Gasteiger partial charge >= 0.3 is 17.9 Å². The van der Waals surface area contributed by atoms with Crippen LogP contribution >= 0.6 is 0 Å². The molecule has 0 aliphatic rings. The summed E-state index contributed by atoms with van der Waals surface area (Å²) in [5.74, 6) is -0.914. The molecule has 0 saturated carbocycles. The van der Waals surface area contributed by atoms with Crippen LogP contribution in [0, 0.1) is 0 Å². The Hall–Kier alpha value is -2.37. The molecule has 0 aromatic heterocycles. The number of carbonyl (C=O) groups is 3. The molecule has 1 atom stereocenters. The molecule has 0 heterocycles. The first-order valence-electron chi connectivity index (χ1n) is 21.0. The lowest BCUT2D eigenvalue weighted by Crippen LogP contribution is -2.30. The van der Waals surface area contributed by atoms with Gasteiger partial charge in [-0.2, -0.15) is 0 Å². The Bertz CT molecular complexity index is 861. The van der Waals surface area contributed by atoms with Gasteiger partial charge in [-0.05, 0) is 64.2 Å². The van der Waals surface area contributed by atoms with Crippen LogP contribution in [0.25, 0.3) is 0 Å². The predicted octanol–water partition coefficient (Wildman–Crippen LogP) is 13.0. The molecule has 0 spiro atoms. The molecule has 0 aliphatic carbocycles. The minimum absolute atomic E-state index is 0.0796. The van der Waals surface area contributed by atoms with E-state index in [0.29, 0.717) is 19.3 Å². The third kappa shape index (κ3) is 36.9. The van der Waals surface area contributed by atoms with Gasteiger partial charge in [0.2, 0.25) is 0 Å². The molecule has 0 bridgehead atoms. The van der Waals surface area contributed by atoms with E-state index in [9.17, 15) is 14.4 Å². The summed E-state index contributed by atoms with van der Waals surface area (Å²) >= 11 is 0. The van der Waals surface area contributed by atoms with Crippen LogP contribution in [-0.4, -0.2) is 37.2 Å². The average molecular weight is 703 g/mol. The molecule has 0 aromatic carbocycles. The number of allylic oxidation sites excluding steroid dienone is 6. The van der Waals surface area contributed by atoms with Crippen molar-refractivity contribution in [2.45, 2.75) is 213 Å². The first-order valence-corrected chi connectivity index (χ1v) is 21.0. The number of hydrogen-bond acceptors (Lipinski definition) is 6. The fourth-order valence-electron chi connectivity index (χ4n) is 5.61. The molecule has 50 heavy (non-hydrogen) atoms. The van der Waals surface area contributed by atoms with Gasteiger partial charge < -0.3 is 14.2 Å². The largest absolute Gasteiger partial charge is 0.462 e. The van der Waals surface area contributed by atoms with E-state index in [-0.39, 0.29) is 31.1 Å². The SMILES string of the molecule is CCCC/C=C\C/C=C\CCCCCCCC(=O)OCC(COC(=O)CCCCCCCCC)OC(=O)CCCCCCC/C=C\CCCC. The molecule has 6 nitrogen and oxygen atoms in total. The fraction of sp³-hybridized carbons (Fsp3) is 0.795. The molecule has 0 saturated heterocycles. The molecule has 0 rings (SSSR count). The topological polar surface area (TPSA) is 78.9 Å². The summed E-state index contributed by atoms with van der Waals surface area (Å²) in [5, 5.41) is 0. The Balaban J connectivity index is 4.36. The lowest BCUT2D eigenvalue weighted by Gasteiger charge is -2.18. The van der Waals surface area contributed by atoms with Gasteiger partial charge in [-0.25, -0.2) is 0 Å². The Kier molecular flexibility index (Phi) is 37.5. The summed E-state index contributed by atoms with van der Waals surface area (Å²) in [4.78, 5) is 37.4. The standard InChI is InChI=1S/C44H78O6/c1-4-7-10-13-16-18-20-21-22-24-25-28-31-34-37-43(46)49-40-41(39-48-42(45)36-33-30-27-15-12-9-6-3)50-44(47)38-35-32-29-26-23-19-17-14-11-8-5-2/h13-14,16-17,20-21,41H,4-12,15,18-19,22-40H2,1-3H3/b16-13-,17-14-,21-20-. The first kappa shape index (κ1) is 47.6. The van der Waals surface area contributed by atoms with Gasteiger partial charge in [-0.15, -0.1) is 0 Å². The van der Waals surface area contributed by atoms with Crippen LogP contribution in [0.3, 0.4) is 0 Å². The Morgan fingerprint density at radius 1 is 0.400 bits per heavy atom. The zero-order valence-corrected chi connectivity index (χ0v) is 32.9. The second kappa shape index (κ2) is 39.4. The van der Waals surface area contributed by atoms with Crippen molar-refractivity contribution in [1.82, 2.24) is 0 Å². The van der Waals surface area contributed by atoms with Crippen LogP contribution in [0.2, 0.25) is 0 Å². The molecule has 0 aromatic rings. The normalized spacial score (nSPS) is 12.3. The predicted molar refractivity (Wildman–Crippen MR) is 210 cm³/mol. The van der Waals surface area contributed by atoms with E-state index in [1.54, 1.807) is 0 Å². The number of hydrogen-bond donors (Lipinski definition) is 0. The molecule has 290 valence electrons. The number of rotatable bonds is 37. The van der Waals surface area contributed by atoms with Crippen molar-refractivity contribution < 1.29 is 28.6 Å². The third-order valence-corrected chi connectivity index (χ3v) is 8.87. The fourth-order valence-corrected chi connectivity index (χ4v) is 5.61. The van der Waals surface area contributed by atoms with E-state index in [2.05, 4.69) is 57.2 Å². The second-order valence-corrected chi connectivity index (χ2v) is 13.9. The number of carbonyl (C=O) groups excluding carboxylic acids is 3. The van der Waals surface area contributed by atoms with Crippen molar-refractivity contribution >= 4 is 17.9 Å². The smallest absolute Gasteiger partial charge is 0.306 e. The number of esters is 3. The van der Waals surface area contributed by atoms with Crippen molar-refractivity contribution in [3.05, 3.63) is 36.5 Å². The van der Waals surface area contributed by atoms with Gasteiger partial charge in [0, 0.05) is 19.3 Å². The molecule has 0 radical (unpaired) electrons. The van der Waals surface area contributed by atoms with Gasteiger partial charge in [0.05, 0.1) is 0 Å². The molecular weight excluding hydrogens is 624 g/mol. The van der Waals surface area contributed by atoms with E-state index >= 15 is 0 Å². The van der Waals surface area contributed by atoms with E-state index in [0.717, 1.165) is 89.9 Å². The summed E-state index contributed by atoms with van der Waals surface area (Å²) in [6.07, 6.45) is 42.7. The zero-order valence-electron chi connectivity index (χ0n) is 32.9. The molecule has 0 N–H and O–H groups in total. The summed E-state index contributed by atoms with van der Waals surface area (Å²) < 4.78 is 16.6. The summed E-state index contributed by atoms with van der Waals surface area (Å²) in [5.41, 5.74) is 0. The van der Waals surface area contributed by atoms with E-state index in [1.165, 1.54) is 77.0 Å². The molecule has 0 aliphatic heterocycles. The van der Waals surface area contributed by atoms with Crippen molar-refractivity contribution in [2.75, 3.05) is 13.2 Å². The van der Waals surface area contributed by atoms with Crippen LogP contribution in [0.1, 0.15) is 207 Å². The highest BCUT2D eigenvalue weighted by Gasteiger charge is 2.19. The molecule has 6 heteroatoms. The van der Waals surface area contributed by atoms with Crippen LogP contribution < -0.4 is 0 Å². The van der Waals surface area contributed by atoms with Crippen molar-refractivity contribution in [2.24, 2.45) is 0 Å². The lowest BCUT2D eigenvalue weighted by molar-refractivity contribution is -0.167. The Morgan fingerprint density at radius 2 is 0.740 bits per heavy atom. The summed E-state index contributed by atoms with van der Waals surface area (Å²) in [7, 11) is 0. The average Bonchev–Trinajstić information content (AvgIpc) is 3.11. The number of ether oxygens (including phenoxy) is 3. The van der Waals surface area contributed by atoms with Gasteiger partial charge in [-0.1, -0.05) is 160 Å². The van der Waals surface area contributed by atoms with Crippen LogP contribution in [0.4, 0.5) is 0 Å². The quantitative estimate of drug-likeness (QED) is 0.0277. The highest BCUT2D eigenvalue weighted by Crippen LogP contribution is 2.13. The highest BCUT2D eigenvalue weighted by molar-refractivity contribution is 5.71. The Labute approximate surface area is 308 Å². The van der Waals surface area contributed by atoms with Crippen LogP contribution in [0.15, 0.2) is 36.5 Å². The number of unbranched alkanes of at least 4 members (excludes halogenated alkanes) is 20. The van der Waals surface area contributed by atoms with Crippen molar-refractivity contribution in [3.63, 3.8) is 0 Å². The monoisotopic (exact) mass is 703 g/mol. The van der Waals surface area contributed by atoms with Gasteiger partial charge in [-0.3, -0.25) is 14.4 Å². The van der Waals surface area contributed by atoms with Gasteiger partial charge in [0.1, 0.15) is 13.2 Å². The zero-order chi connectivity index (χ0) is 36.6. The summed E-state index contributed by atoms with van der Waals surface area (Å²) in [6, 6.07) is 0. The van der Waals surface area contributed by atoms with E-state index in [4.69, 9.17) is 14.2 Å². The van der Waals surface area contributed by atoms with Gasteiger partial charge in [0.15, 0.2) is 6.10 Å². The third-order valence-electron chi connectivity index (χ3n) is 8.87. The van der Waals surface area contributed by atoms with Crippen molar-refractivity contribution in [3.8, 4) is 0 Å². The van der Waals surface area contributed by atoms with Crippen molar-refractivity contribution in [1.29, 1.82) is 0 Å². The Morgan fingerprint density at radius 3 is 1.18 bits per heavy atom. The maximum Gasteiger partial charge on any atom is 0.306 e. The molecular formula is C44H78O6. The van der Waals surface area contributed by atoms with Crippen LogP contribution in [0.5, 0.6) is 0 Å². The molecule has 0 fully saturated rings. The lowest BCUT2D eigenvalue weighted by atomic mass is 10.1. The van der Waals surface area contributed by atoms with E-state index < -0.39 is 6.10 Å². The minimum atomic E-state index is -0.774. The molecule has 0 amide bonds. The highest BCUT2D eigenvalue weighted by atomic mass is 16.6. The second-order valence-electron chi connectivity index (χ2n) is 13.9. The van der Waals surface area contributed by atoms with Crippen LogP contribution in [-0.2, 0) is 28.6 Å². The first-order chi connectivity index (χ1) is 24.5. The van der Waals surface area contributed by atoms with Gasteiger partial charge in [0.25, 0.3) is 0 Å². The maximum atomic E-state index is 12.6. The molecule has 1 unspecified atom stereocenters.